The first kappa shape index (κ1) is 21.3. The summed E-state index contributed by atoms with van der Waals surface area (Å²) in [5, 5.41) is 0.687. The van der Waals surface area contributed by atoms with Gasteiger partial charge in [0.1, 0.15) is 18.0 Å². The quantitative estimate of drug-likeness (QED) is 0.364. The molecule has 0 unspecified atom stereocenters. The molecule has 0 saturated heterocycles. The highest BCUT2D eigenvalue weighted by molar-refractivity contribution is 6.04. The highest BCUT2D eigenvalue weighted by Crippen LogP contribution is 2.27. The standard InChI is InChI=1S/C27H21N3O4/c1-17-7-12-25-28-19(13-26(31)30(25)15-17)16-34-27(32)22-14-24(18-8-10-20(33-2)11-9-18)29-23-6-4-3-5-21(22)23/h3-15H,16H2,1-2H3. The van der Waals surface area contributed by atoms with Crippen LogP contribution in [0.1, 0.15) is 21.6 Å². The van der Waals surface area contributed by atoms with Crippen molar-refractivity contribution in [3.63, 3.8) is 0 Å². The summed E-state index contributed by atoms with van der Waals surface area (Å²) in [6.07, 6.45) is 1.73. The number of carbonyl (C=O) groups excluding carboxylic acids is 1. The molecule has 0 saturated carbocycles. The van der Waals surface area contributed by atoms with Crippen LogP contribution in [0, 0.1) is 6.92 Å². The Kier molecular flexibility index (Phi) is 5.51. The molecule has 0 aliphatic rings. The zero-order valence-electron chi connectivity index (χ0n) is 18.7. The van der Waals surface area contributed by atoms with Crippen molar-refractivity contribution in [3.05, 3.63) is 106 Å². The van der Waals surface area contributed by atoms with Crippen LogP contribution in [0.5, 0.6) is 5.75 Å². The summed E-state index contributed by atoms with van der Waals surface area (Å²) in [6.45, 7) is 1.79. The van der Waals surface area contributed by atoms with E-state index >= 15 is 0 Å². The molecule has 34 heavy (non-hydrogen) atoms. The van der Waals surface area contributed by atoms with E-state index in [4.69, 9.17) is 14.5 Å². The molecule has 0 aliphatic heterocycles. The van der Waals surface area contributed by atoms with Gasteiger partial charge in [-0.3, -0.25) is 9.20 Å². The zero-order chi connectivity index (χ0) is 23.7. The van der Waals surface area contributed by atoms with E-state index in [1.165, 1.54) is 10.5 Å². The van der Waals surface area contributed by atoms with E-state index < -0.39 is 5.97 Å². The number of carbonyl (C=O) groups is 1. The molecule has 2 aromatic carbocycles. The third-order valence-corrected chi connectivity index (χ3v) is 5.53. The fourth-order valence-electron chi connectivity index (χ4n) is 3.80. The van der Waals surface area contributed by atoms with Crippen LogP contribution in [-0.4, -0.2) is 27.4 Å². The summed E-state index contributed by atoms with van der Waals surface area (Å²) >= 11 is 0. The van der Waals surface area contributed by atoms with Gasteiger partial charge in [-0.15, -0.1) is 0 Å². The molecular weight excluding hydrogens is 430 g/mol. The van der Waals surface area contributed by atoms with Crippen molar-refractivity contribution in [2.24, 2.45) is 0 Å². The van der Waals surface area contributed by atoms with E-state index in [1.807, 2.05) is 61.5 Å². The van der Waals surface area contributed by atoms with Gasteiger partial charge in [-0.05, 0) is 55.0 Å². The number of ether oxygens (including phenoxy) is 2. The molecule has 3 aromatic heterocycles. The van der Waals surface area contributed by atoms with E-state index in [0.717, 1.165) is 16.9 Å². The second-order valence-corrected chi connectivity index (χ2v) is 7.90. The number of para-hydroxylation sites is 1. The molecule has 0 aliphatic carbocycles. The van der Waals surface area contributed by atoms with E-state index in [0.29, 0.717) is 33.5 Å². The van der Waals surface area contributed by atoms with Gasteiger partial charge in [0, 0.05) is 23.2 Å². The number of hydrogen-bond acceptors (Lipinski definition) is 6. The number of nitrogens with zero attached hydrogens (tertiary/aromatic N) is 3. The lowest BCUT2D eigenvalue weighted by Gasteiger charge is -2.11. The number of fused-ring (bicyclic) bond motifs is 2. The van der Waals surface area contributed by atoms with Gasteiger partial charge in [0.2, 0.25) is 0 Å². The second-order valence-electron chi connectivity index (χ2n) is 7.90. The number of benzene rings is 2. The summed E-state index contributed by atoms with van der Waals surface area (Å²) in [4.78, 5) is 34.7. The maximum absolute atomic E-state index is 13.1. The predicted molar refractivity (Wildman–Crippen MR) is 129 cm³/mol. The topological polar surface area (TPSA) is 82.8 Å². The first-order valence-corrected chi connectivity index (χ1v) is 10.7. The molecule has 0 amide bonds. The molecule has 0 atom stereocenters. The van der Waals surface area contributed by atoms with Crippen LogP contribution in [-0.2, 0) is 11.3 Å². The molecule has 0 N–H and O–H groups in total. The third kappa shape index (κ3) is 4.11. The van der Waals surface area contributed by atoms with E-state index in [2.05, 4.69) is 4.98 Å². The fourth-order valence-corrected chi connectivity index (χ4v) is 3.80. The highest BCUT2D eigenvalue weighted by atomic mass is 16.5. The minimum Gasteiger partial charge on any atom is -0.497 e. The molecule has 7 nitrogen and oxygen atoms in total. The molecule has 0 fully saturated rings. The Morgan fingerprint density at radius 2 is 1.76 bits per heavy atom. The lowest BCUT2D eigenvalue weighted by molar-refractivity contribution is 0.0470. The number of methoxy groups -OCH3 is 1. The van der Waals surface area contributed by atoms with Crippen molar-refractivity contribution in [2.75, 3.05) is 7.11 Å². The molecule has 7 heteroatoms. The molecule has 0 bridgehead atoms. The minimum absolute atomic E-state index is 0.118. The molecule has 5 rings (SSSR count). The Morgan fingerprint density at radius 3 is 2.56 bits per heavy atom. The van der Waals surface area contributed by atoms with Crippen LogP contribution >= 0.6 is 0 Å². The average molecular weight is 451 g/mol. The monoisotopic (exact) mass is 451 g/mol. The van der Waals surface area contributed by atoms with Crippen LogP contribution in [0.25, 0.3) is 27.8 Å². The second kappa shape index (κ2) is 8.78. The molecular formula is C27H21N3O4. The molecule has 0 radical (unpaired) electrons. The number of hydrogen-bond donors (Lipinski definition) is 0. The van der Waals surface area contributed by atoms with Crippen LogP contribution < -0.4 is 10.3 Å². The lowest BCUT2D eigenvalue weighted by atomic mass is 10.0. The third-order valence-electron chi connectivity index (χ3n) is 5.53. The van der Waals surface area contributed by atoms with Crippen molar-refractivity contribution < 1.29 is 14.3 Å². The Bertz CT molecular complexity index is 1590. The van der Waals surface area contributed by atoms with Crippen LogP contribution in [0.15, 0.2) is 83.8 Å². The van der Waals surface area contributed by atoms with Gasteiger partial charge in [-0.2, -0.15) is 0 Å². The summed E-state index contributed by atoms with van der Waals surface area (Å²) in [5.41, 5.74) is 4.18. The van der Waals surface area contributed by atoms with E-state index in [9.17, 15) is 9.59 Å². The highest BCUT2D eigenvalue weighted by Gasteiger charge is 2.16. The number of aromatic nitrogens is 3. The van der Waals surface area contributed by atoms with Gasteiger partial charge >= 0.3 is 5.97 Å². The van der Waals surface area contributed by atoms with Gasteiger partial charge in [-0.1, -0.05) is 24.3 Å². The Hall–Kier alpha value is -4.52. The molecule has 3 heterocycles. The Balaban J connectivity index is 1.47. The Morgan fingerprint density at radius 1 is 0.971 bits per heavy atom. The van der Waals surface area contributed by atoms with Crippen molar-refractivity contribution >= 4 is 22.5 Å². The minimum atomic E-state index is -0.515. The largest absolute Gasteiger partial charge is 0.497 e. The van der Waals surface area contributed by atoms with Crippen molar-refractivity contribution in [2.45, 2.75) is 13.5 Å². The molecule has 5 aromatic rings. The van der Waals surface area contributed by atoms with Crippen molar-refractivity contribution in [1.29, 1.82) is 0 Å². The average Bonchev–Trinajstić information content (AvgIpc) is 2.87. The molecule has 168 valence electrons. The number of pyridine rings is 2. The summed E-state index contributed by atoms with van der Waals surface area (Å²) in [7, 11) is 1.61. The summed E-state index contributed by atoms with van der Waals surface area (Å²) in [6, 6.07) is 21.6. The van der Waals surface area contributed by atoms with Crippen molar-refractivity contribution in [1.82, 2.24) is 14.4 Å². The number of rotatable bonds is 5. The maximum Gasteiger partial charge on any atom is 0.339 e. The molecule has 0 spiro atoms. The Labute approximate surface area is 195 Å². The number of esters is 1. The smallest absolute Gasteiger partial charge is 0.339 e. The van der Waals surface area contributed by atoms with Gasteiger partial charge < -0.3 is 9.47 Å². The van der Waals surface area contributed by atoms with Gasteiger partial charge in [-0.25, -0.2) is 14.8 Å². The summed E-state index contributed by atoms with van der Waals surface area (Å²) < 4.78 is 12.3. The van der Waals surface area contributed by atoms with Crippen molar-refractivity contribution in [3.8, 4) is 17.0 Å². The normalized spacial score (nSPS) is 11.0. The first-order chi connectivity index (χ1) is 16.5. The van der Waals surface area contributed by atoms with Gasteiger partial charge in [0.15, 0.2) is 0 Å². The maximum atomic E-state index is 13.1. The zero-order valence-corrected chi connectivity index (χ0v) is 18.7. The lowest BCUT2D eigenvalue weighted by Crippen LogP contribution is -2.17. The summed E-state index contributed by atoms with van der Waals surface area (Å²) in [5.74, 6) is 0.220. The fraction of sp³-hybridized carbons (Fsp3) is 0.111. The van der Waals surface area contributed by atoms with Crippen LogP contribution in [0.2, 0.25) is 0 Å². The van der Waals surface area contributed by atoms with Crippen LogP contribution in [0.3, 0.4) is 0 Å². The predicted octanol–water partition coefficient (Wildman–Crippen LogP) is 4.58. The van der Waals surface area contributed by atoms with E-state index in [-0.39, 0.29) is 12.2 Å². The SMILES string of the molecule is COc1ccc(-c2cc(C(=O)OCc3cc(=O)n4cc(C)ccc4n3)c3ccccc3n2)cc1. The van der Waals surface area contributed by atoms with E-state index in [1.54, 1.807) is 25.4 Å². The van der Waals surface area contributed by atoms with Gasteiger partial charge in [0.25, 0.3) is 5.56 Å². The van der Waals surface area contributed by atoms with Crippen LogP contribution in [0.4, 0.5) is 0 Å². The first-order valence-electron chi connectivity index (χ1n) is 10.7. The van der Waals surface area contributed by atoms with Gasteiger partial charge in [0.05, 0.1) is 29.6 Å². The number of aryl methyl sites for hydroxylation is 1.